The minimum absolute atomic E-state index is 0. The van der Waals surface area contributed by atoms with Gasteiger partial charge in [-0.3, -0.25) is 9.59 Å². The van der Waals surface area contributed by atoms with Crippen LogP contribution in [-0.4, -0.2) is 24.4 Å². The standard InChI is InChI=1S/C21H24ClN3O2.ClH/c22-17-9-5-4-8-16(17)21(27)25-18(14-6-2-1-3-7-14)12-20(26)24-19(13-23)15-10-11-15;/h1-9,15,18-19H,10-13,23H2,(H,24,26)(H,25,27);1H. The summed E-state index contributed by atoms with van der Waals surface area (Å²) >= 11 is 6.13. The number of hydrogen-bond acceptors (Lipinski definition) is 3. The molecule has 7 heteroatoms. The first kappa shape index (κ1) is 22.2. The lowest BCUT2D eigenvalue weighted by Crippen LogP contribution is -2.43. The summed E-state index contributed by atoms with van der Waals surface area (Å²) in [4.78, 5) is 25.2. The third kappa shape index (κ3) is 5.96. The Hall–Kier alpha value is -2.08. The lowest BCUT2D eigenvalue weighted by molar-refractivity contribution is -0.122. The van der Waals surface area contributed by atoms with E-state index in [9.17, 15) is 9.59 Å². The number of halogens is 2. The topological polar surface area (TPSA) is 84.2 Å². The van der Waals surface area contributed by atoms with Gasteiger partial charge in [0.1, 0.15) is 0 Å². The van der Waals surface area contributed by atoms with Gasteiger partial charge in [0.2, 0.25) is 5.91 Å². The second-order valence-corrected chi connectivity index (χ2v) is 7.28. The number of carbonyl (C=O) groups excluding carboxylic acids is 2. The maximum absolute atomic E-state index is 12.7. The van der Waals surface area contributed by atoms with Gasteiger partial charge < -0.3 is 16.4 Å². The Morgan fingerprint density at radius 1 is 1.04 bits per heavy atom. The van der Waals surface area contributed by atoms with Crippen molar-refractivity contribution < 1.29 is 9.59 Å². The van der Waals surface area contributed by atoms with E-state index in [4.69, 9.17) is 17.3 Å². The predicted molar refractivity (Wildman–Crippen MR) is 114 cm³/mol. The first-order chi connectivity index (χ1) is 13.1. The van der Waals surface area contributed by atoms with E-state index in [0.717, 1.165) is 18.4 Å². The molecule has 0 bridgehead atoms. The molecule has 1 fully saturated rings. The predicted octanol–water partition coefficient (Wildman–Crippen LogP) is 3.48. The first-order valence-corrected chi connectivity index (χ1v) is 9.56. The van der Waals surface area contributed by atoms with E-state index in [1.54, 1.807) is 24.3 Å². The Morgan fingerprint density at radius 2 is 1.68 bits per heavy atom. The van der Waals surface area contributed by atoms with Crippen molar-refractivity contribution in [2.45, 2.75) is 31.3 Å². The highest BCUT2D eigenvalue weighted by molar-refractivity contribution is 6.33. The molecule has 0 saturated heterocycles. The van der Waals surface area contributed by atoms with E-state index >= 15 is 0 Å². The molecule has 3 rings (SSSR count). The van der Waals surface area contributed by atoms with E-state index in [1.165, 1.54) is 0 Å². The molecule has 0 radical (unpaired) electrons. The molecule has 2 amide bonds. The molecule has 0 heterocycles. The van der Waals surface area contributed by atoms with Crippen LogP contribution in [-0.2, 0) is 4.79 Å². The van der Waals surface area contributed by atoms with Crippen LogP contribution in [0.25, 0.3) is 0 Å². The van der Waals surface area contributed by atoms with Crippen molar-refractivity contribution in [3.8, 4) is 0 Å². The Bertz CT molecular complexity index is 797. The van der Waals surface area contributed by atoms with E-state index in [1.807, 2.05) is 30.3 Å². The molecular weight excluding hydrogens is 397 g/mol. The van der Waals surface area contributed by atoms with Crippen molar-refractivity contribution in [2.24, 2.45) is 11.7 Å². The molecule has 150 valence electrons. The van der Waals surface area contributed by atoms with Crippen molar-refractivity contribution in [2.75, 3.05) is 6.54 Å². The second-order valence-electron chi connectivity index (χ2n) is 6.87. The summed E-state index contributed by atoms with van der Waals surface area (Å²) in [6.07, 6.45) is 2.35. The number of benzene rings is 2. The summed E-state index contributed by atoms with van der Waals surface area (Å²) < 4.78 is 0. The Labute approximate surface area is 176 Å². The van der Waals surface area contributed by atoms with Crippen LogP contribution in [0.15, 0.2) is 54.6 Å². The van der Waals surface area contributed by atoms with Gasteiger partial charge in [0, 0.05) is 12.6 Å². The van der Waals surface area contributed by atoms with Crippen molar-refractivity contribution in [1.29, 1.82) is 0 Å². The van der Waals surface area contributed by atoms with Gasteiger partial charge in [-0.15, -0.1) is 12.4 Å². The average molecular weight is 422 g/mol. The zero-order valence-corrected chi connectivity index (χ0v) is 17.0. The fraction of sp³-hybridized carbons (Fsp3) is 0.333. The maximum Gasteiger partial charge on any atom is 0.253 e. The molecule has 28 heavy (non-hydrogen) atoms. The number of carbonyl (C=O) groups is 2. The molecule has 5 nitrogen and oxygen atoms in total. The van der Waals surface area contributed by atoms with Crippen molar-refractivity contribution in [3.63, 3.8) is 0 Å². The van der Waals surface area contributed by atoms with Gasteiger partial charge in [0.15, 0.2) is 0 Å². The molecule has 4 N–H and O–H groups in total. The number of amides is 2. The molecular formula is C21H25Cl2N3O2. The van der Waals surface area contributed by atoms with Gasteiger partial charge in [-0.25, -0.2) is 0 Å². The minimum atomic E-state index is -0.451. The van der Waals surface area contributed by atoms with Crippen molar-refractivity contribution in [3.05, 3.63) is 70.7 Å². The van der Waals surface area contributed by atoms with Crippen molar-refractivity contribution >= 4 is 35.8 Å². The highest BCUT2D eigenvalue weighted by Crippen LogP contribution is 2.32. The normalized spacial score (nSPS) is 15.1. The third-order valence-corrected chi connectivity index (χ3v) is 5.14. The second kappa shape index (κ2) is 10.5. The summed E-state index contributed by atoms with van der Waals surface area (Å²) in [5.74, 6) is 0.0531. The quantitative estimate of drug-likeness (QED) is 0.609. The van der Waals surface area contributed by atoms with Crippen LogP contribution in [0.4, 0.5) is 0 Å². The SMILES string of the molecule is Cl.NCC(NC(=O)CC(NC(=O)c1ccccc1Cl)c1ccccc1)C1CC1. The number of nitrogens with one attached hydrogen (secondary N) is 2. The Kier molecular flexibility index (Phi) is 8.30. The number of rotatable bonds is 8. The lowest BCUT2D eigenvalue weighted by Gasteiger charge is -2.22. The highest BCUT2D eigenvalue weighted by Gasteiger charge is 2.31. The fourth-order valence-electron chi connectivity index (χ4n) is 3.14. The lowest BCUT2D eigenvalue weighted by atomic mass is 10.0. The van der Waals surface area contributed by atoms with Crippen LogP contribution in [0.3, 0.4) is 0 Å². The van der Waals surface area contributed by atoms with Gasteiger partial charge in [0.25, 0.3) is 5.91 Å². The number of hydrogen-bond donors (Lipinski definition) is 3. The van der Waals surface area contributed by atoms with Gasteiger partial charge >= 0.3 is 0 Å². The fourth-order valence-corrected chi connectivity index (χ4v) is 3.36. The highest BCUT2D eigenvalue weighted by atomic mass is 35.5. The summed E-state index contributed by atoms with van der Waals surface area (Å²) in [6.45, 7) is 0.429. The van der Waals surface area contributed by atoms with Gasteiger partial charge in [-0.2, -0.15) is 0 Å². The zero-order valence-electron chi connectivity index (χ0n) is 15.4. The van der Waals surface area contributed by atoms with Crippen molar-refractivity contribution in [1.82, 2.24) is 10.6 Å². The summed E-state index contributed by atoms with van der Waals surface area (Å²) in [7, 11) is 0. The maximum atomic E-state index is 12.7. The average Bonchev–Trinajstić information content (AvgIpc) is 3.51. The minimum Gasteiger partial charge on any atom is -0.352 e. The van der Waals surface area contributed by atoms with Gasteiger partial charge in [-0.1, -0.05) is 54.1 Å². The summed E-state index contributed by atoms with van der Waals surface area (Å²) in [5.41, 5.74) is 7.03. The van der Waals surface area contributed by atoms with E-state index in [2.05, 4.69) is 10.6 Å². The Morgan fingerprint density at radius 3 is 2.29 bits per heavy atom. The van der Waals surface area contributed by atoms with Crippen LogP contribution in [0.2, 0.25) is 5.02 Å². The molecule has 1 saturated carbocycles. The first-order valence-electron chi connectivity index (χ1n) is 9.18. The van der Waals surface area contributed by atoms with E-state index < -0.39 is 6.04 Å². The summed E-state index contributed by atoms with van der Waals surface area (Å²) in [6, 6.07) is 15.9. The van der Waals surface area contributed by atoms with Crippen LogP contribution in [0, 0.1) is 5.92 Å². The van der Waals surface area contributed by atoms with E-state index in [0.29, 0.717) is 23.0 Å². The monoisotopic (exact) mass is 421 g/mol. The summed E-state index contributed by atoms with van der Waals surface area (Å²) in [5, 5.41) is 6.33. The molecule has 2 aromatic rings. The van der Waals surface area contributed by atoms with Crippen LogP contribution in [0.5, 0.6) is 0 Å². The molecule has 0 aliphatic heterocycles. The largest absolute Gasteiger partial charge is 0.352 e. The van der Waals surface area contributed by atoms with Crippen LogP contribution in [0.1, 0.15) is 41.2 Å². The van der Waals surface area contributed by atoms with Gasteiger partial charge in [0.05, 0.1) is 23.0 Å². The zero-order chi connectivity index (χ0) is 19.2. The van der Waals surface area contributed by atoms with Crippen LogP contribution >= 0.6 is 24.0 Å². The molecule has 2 aromatic carbocycles. The van der Waals surface area contributed by atoms with Gasteiger partial charge in [-0.05, 0) is 36.5 Å². The Balaban J connectivity index is 0.00000280. The van der Waals surface area contributed by atoms with E-state index in [-0.39, 0.29) is 36.7 Å². The molecule has 2 atom stereocenters. The van der Waals surface area contributed by atoms with Crippen LogP contribution < -0.4 is 16.4 Å². The molecule has 0 aromatic heterocycles. The third-order valence-electron chi connectivity index (χ3n) is 4.81. The molecule has 2 unspecified atom stereocenters. The molecule has 1 aliphatic rings. The number of nitrogens with two attached hydrogens (primary N) is 1. The molecule has 1 aliphatic carbocycles. The molecule has 0 spiro atoms. The smallest absolute Gasteiger partial charge is 0.253 e.